The lowest BCUT2D eigenvalue weighted by molar-refractivity contribution is 0.0532. The van der Waals surface area contributed by atoms with Gasteiger partial charge in [0.25, 0.3) is 0 Å². The molecule has 1 saturated heterocycles. The quantitative estimate of drug-likeness (QED) is 0.833. The Hall–Kier alpha value is -1.42. The normalized spacial score (nSPS) is 19.9. The highest BCUT2D eigenvalue weighted by atomic mass is 16.5. The van der Waals surface area contributed by atoms with Gasteiger partial charge in [-0.2, -0.15) is 0 Å². The largest absolute Gasteiger partial charge is 0.491 e. The van der Waals surface area contributed by atoms with Crippen molar-refractivity contribution in [2.45, 2.75) is 26.4 Å². The zero-order valence-corrected chi connectivity index (χ0v) is 11.2. The first-order valence-corrected chi connectivity index (χ1v) is 6.59. The average molecular weight is 250 g/mol. The summed E-state index contributed by atoms with van der Waals surface area (Å²) in [6, 6.07) is 6.00. The Morgan fingerprint density at radius 1 is 1.50 bits per heavy atom. The molecule has 4 nitrogen and oxygen atoms in total. The van der Waals surface area contributed by atoms with E-state index in [-0.39, 0.29) is 6.10 Å². The first-order valence-electron chi connectivity index (χ1n) is 6.59. The molecule has 2 rings (SSSR count). The van der Waals surface area contributed by atoms with Gasteiger partial charge in [0.15, 0.2) is 0 Å². The smallest absolute Gasteiger partial charge is 0.144 e. The molecule has 0 aliphatic carbocycles. The fraction of sp³-hybridized carbons (Fsp3) is 0.571. The van der Waals surface area contributed by atoms with E-state index in [0.29, 0.717) is 12.3 Å². The van der Waals surface area contributed by atoms with Crippen LogP contribution in [0.4, 0.5) is 11.4 Å². The van der Waals surface area contributed by atoms with Gasteiger partial charge in [-0.25, -0.2) is 0 Å². The molecule has 1 aliphatic heterocycles. The topological polar surface area (TPSA) is 47.7 Å². The van der Waals surface area contributed by atoms with E-state index in [1.54, 1.807) is 0 Å². The molecule has 1 aromatic rings. The van der Waals surface area contributed by atoms with Crippen LogP contribution in [0.5, 0.6) is 5.75 Å². The number of hydrogen-bond acceptors (Lipinski definition) is 4. The van der Waals surface area contributed by atoms with Crippen molar-refractivity contribution in [3.05, 3.63) is 18.2 Å². The van der Waals surface area contributed by atoms with Crippen LogP contribution in [0.2, 0.25) is 0 Å². The SMILES string of the molecule is CCCOc1cc(N2CCOC(C)C2)ccc1N. The van der Waals surface area contributed by atoms with Crippen molar-refractivity contribution >= 4 is 11.4 Å². The molecule has 0 aromatic heterocycles. The van der Waals surface area contributed by atoms with Crippen molar-refractivity contribution in [3.8, 4) is 5.75 Å². The zero-order valence-electron chi connectivity index (χ0n) is 11.2. The van der Waals surface area contributed by atoms with Gasteiger partial charge in [0.05, 0.1) is 25.0 Å². The Balaban J connectivity index is 2.12. The third kappa shape index (κ3) is 3.07. The third-order valence-electron chi connectivity index (χ3n) is 3.07. The van der Waals surface area contributed by atoms with Crippen LogP contribution in [0.15, 0.2) is 18.2 Å². The number of nitrogens with two attached hydrogens (primary N) is 1. The molecule has 1 heterocycles. The van der Waals surface area contributed by atoms with Crippen molar-refractivity contribution in [1.82, 2.24) is 0 Å². The van der Waals surface area contributed by atoms with E-state index in [2.05, 4.69) is 18.7 Å². The minimum atomic E-state index is 0.274. The van der Waals surface area contributed by atoms with E-state index in [1.807, 2.05) is 18.2 Å². The van der Waals surface area contributed by atoms with Crippen LogP contribution in [0.25, 0.3) is 0 Å². The van der Waals surface area contributed by atoms with Crippen molar-refractivity contribution in [3.63, 3.8) is 0 Å². The molecular weight excluding hydrogens is 228 g/mol. The van der Waals surface area contributed by atoms with Gasteiger partial charge < -0.3 is 20.1 Å². The fourth-order valence-corrected chi connectivity index (χ4v) is 2.11. The molecular formula is C14H22N2O2. The molecule has 0 spiro atoms. The number of anilines is 2. The van der Waals surface area contributed by atoms with Gasteiger partial charge in [-0.15, -0.1) is 0 Å². The lowest BCUT2D eigenvalue weighted by Crippen LogP contribution is -2.41. The van der Waals surface area contributed by atoms with E-state index in [1.165, 1.54) is 0 Å². The summed E-state index contributed by atoms with van der Waals surface area (Å²) >= 11 is 0. The first kappa shape index (κ1) is 13.0. The molecule has 0 amide bonds. The summed E-state index contributed by atoms with van der Waals surface area (Å²) in [5.41, 5.74) is 7.78. The minimum Gasteiger partial charge on any atom is -0.491 e. The van der Waals surface area contributed by atoms with Gasteiger partial charge >= 0.3 is 0 Å². The number of rotatable bonds is 4. The van der Waals surface area contributed by atoms with E-state index in [9.17, 15) is 0 Å². The van der Waals surface area contributed by atoms with E-state index in [0.717, 1.165) is 37.6 Å². The van der Waals surface area contributed by atoms with Crippen molar-refractivity contribution < 1.29 is 9.47 Å². The summed E-state index contributed by atoms with van der Waals surface area (Å²) in [6.07, 6.45) is 1.26. The summed E-state index contributed by atoms with van der Waals surface area (Å²) in [5.74, 6) is 0.786. The van der Waals surface area contributed by atoms with Crippen LogP contribution < -0.4 is 15.4 Å². The van der Waals surface area contributed by atoms with Crippen molar-refractivity contribution in [1.29, 1.82) is 0 Å². The highest BCUT2D eigenvalue weighted by Crippen LogP contribution is 2.28. The molecule has 0 bridgehead atoms. The first-order chi connectivity index (χ1) is 8.70. The predicted octanol–water partition coefficient (Wildman–Crippen LogP) is 2.28. The molecule has 1 unspecified atom stereocenters. The number of morpholine rings is 1. The minimum absolute atomic E-state index is 0.274. The number of nitrogens with zero attached hydrogens (tertiary/aromatic N) is 1. The van der Waals surface area contributed by atoms with Crippen molar-refractivity contribution in [2.75, 3.05) is 36.9 Å². The Morgan fingerprint density at radius 2 is 2.33 bits per heavy atom. The molecule has 1 aliphatic rings. The summed E-state index contributed by atoms with van der Waals surface area (Å²) in [6.45, 7) is 7.49. The van der Waals surface area contributed by atoms with Crippen LogP contribution in [-0.2, 0) is 4.74 Å². The monoisotopic (exact) mass is 250 g/mol. The highest BCUT2D eigenvalue weighted by Gasteiger charge is 2.17. The summed E-state index contributed by atoms with van der Waals surface area (Å²) in [5, 5.41) is 0. The molecule has 1 atom stereocenters. The number of benzene rings is 1. The standard InChI is InChI=1S/C14H22N2O2/c1-3-7-18-14-9-12(4-5-13(14)15)16-6-8-17-11(2)10-16/h4-5,9,11H,3,6-8,10,15H2,1-2H3. The molecule has 18 heavy (non-hydrogen) atoms. The second kappa shape index (κ2) is 5.96. The zero-order chi connectivity index (χ0) is 13.0. The number of nitrogen functional groups attached to an aromatic ring is 1. The maximum absolute atomic E-state index is 5.92. The number of hydrogen-bond donors (Lipinski definition) is 1. The van der Waals surface area contributed by atoms with Crippen molar-refractivity contribution in [2.24, 2.45) is 0 Å². The highest BCUT2D eigenvalue weighted by molar-refractivity contribution is 5.62. The maximum Gasteiger partial charge on any atom is 0.144 e. The fourth-order valence-electron chi connectivity index (χ4n) is 2.11. The van der Waals surface area contributed by atoms with Crippen LogP contribution in [0.1, 0.15) is 20.3 Å². The van der Waals surface area contributed by atoms with E-state index in [4.69, 9.17) is 15.2 Å². The summed E-state index contributed by atoms with van der Waals surface area (Å²) < 4.78 is 11.2. The Kier molecular flexibility index (Phi) is 4.31. The van der Waals surface area contributed by atoms with Gasteiger partial charge in [0, 0.05) is 24.8 Å². The third-order valence-corrected chi connectivity index (χ3v) is 3.07. The van der Waals surface area contributed by atoms with Gasteiger partial charge in [-0.1, -0.05) is 6.92 Å². The average Bonchev–Trinajstić information content (AvgIpc) is 2.38. The number of ether oxygens (including phenoxy) is 2. The predicted molar refractivity (Wildman–Crippen MR) is 74.3 cm³/mol. The summed E-state index contributed by atoms with van der Waals surface area (Å²) in [7, 11) is 0. The van der Waals surface area contributed by atoms with Gasteiger partial charge in [-0.05, 0) is 25.5 Å². The lowest BCUT2D eigenvalue weighted by Gasteiger charge is -2.33. The van der Waals surface area contributed by atoms with Gasteiger partial charge in [0.1, 0.15) is 5.75 Å². The molecule has 0 saturated carbocycles. The molecule has 4 heteroatoms. The van der Waals surface area contributed by atoms with Gasteiger partial charge in [0.2, 0.25) is 0 Å². The Morgan fingerprint density at radius 3 is 3.06 bits per heavy atom. The van der Waals surface area contributed by atoms with Crippen LogP contribution in [0.3, 0.4) is 0 Å². The molecule has 100 valence electrons. The van der Waals surface area contributed by atoms with Crippen LogP contribution >= 0.6 is 0 Å². The van der Waals surface area contributed by atoms with Crippen LogP contribution in [-0.4, -0.2) is 32.4 Å². The van der Waals surface area contributed by atoms with E-state index < -0.39 is 0 Å². The lowest BCUT2D eigenvalue weighted by atomic mass is 10.2. The second-order valence-corrected chi connectivity index (χ2v) is 4.70. The Labute approximate surface area is 109 Å². The molecule has 0 radical (unpaired) electrons. The van der Waals surface area contributed by atoms with E-state index >= 15 is 0 Å². The molecule has 1 fully saturated rings. The Bertz CT molecular complexity index is 395. The second-order valence-electron chi connectivity index (χ2n) is 4.70. The summed E-state index contributed by atoms with van der Waals surface area (Å²) in [4.78, 5) is 2.31. The maximum atomic E-state index is 5.92. The van der Waals surface area contributed by atoms with Crippen LogP contribution in [0, 0.1) is 0 Å². The van der Waals surface area contributed by atoms with Gasteiger partial charge in [-0.3, -0.25) is 0 Å². The molecule has 2 N–H and O–H groups in total. The molecule has 1 aromatic carbocycles.